The van der Waals surface area contributed by atoms with Crippen LogP contribution in [0.2, 0.25) is 0 Å². The average Bonchev–Trinajstić information content (AvgIpc) is 2.55. The van der Waals surface area contributed by atoms with Gasteiger partial charge in [-0.25, -0.2) is 0 Å². The quantitative estimate of drug-likeness (QED) is 0.776. The largest absolute Gasteiger partial charge is 0.497 e. The third kappa shape index (κ3) is 5.06. The Morgan fingerprint density at radius 3 is 2.33 bits per heavy atom. The number of amides is 1. The molecule has 130 valence electrons. The first-order valence-corrected chi connectivity index (χ1v) is 7.40. The zero-order valence-corrected chi connectivity index (χ0v) is 14.9. The maximum Gasteiger partial charge on any atom is 0.224 e. The molecule has 0 spiro atoms. The Hall–Kier alpha value is -2.40. The summed E-state index contributed by atoms with van der Waals surface area (Å²) < 4.78 is 10.2. The van der Waals surface area contributed by atoms with Crippen LogP contribution in [-0.4, -0.2) is 20.1 Å². The first kappa shape index (κ1) is 19.6. The summed E-state index contributed by atoms with van der Waals surface area (Å²) >= 11 is 0. The van der Waals surface area contributed by atoms with Gasteiger partial charge in [-0.05, 0) is 41.8 Å². The van der Waals surface area contributed by atoms with Crippen LogP contribution >= 0.6 is 12.4 Å². The van der Waals surface area contributed by atoms with E-state index in [-0.39, 0.29) is 24.2 Å². The first-order valence-electron chi connectivity index (χ1n) is 7.40. The van der Waals surface area contributed by atoms with Gasteiger partial charge in [-0.3, -0.25) is 4.79 Å². The predicted octanol–water partition coefficient (Wildman–Crippen LogP) is 3.84. The number of ether oxygens (including phenoxy) is 2. The molecule has 1 unspecified atom stereocenters. The second-order valence-corrected chi connectivity index (χ2v) is 5.38. The summed E-state index contributed by atoms with van der Waals surface area (Å²) in [5.74, 6) is 1.45. The minimum Gasteiger partial charge on any atom is -0.497 e. The van der Waals surface area contributed by atoms with Crippen molar-refractivity contribution in [3.8, 4) is 11.5 Å². The summed E-state index contributed by atoms with van der Waals surface area (Å²) in [7, 11) is 3.19. The Labute approximate surface area is 148 Å². The van der Waals surface area contributed by atoms with Crippen molar-refractivity contribution in [3.63, 3.8) is 0 Å². The van der Waals surface area contributed by atoms with Crippen molar-refractivity contribution < 1.29 is 14.3 Å². The zero-order valence-electron chi connectivity index (χ0n) is 14.0. The molecule has 0 radical (unpaired) electrons. The zero-order chi connectivity index (χ0) is 16.8. The highest BCUT2D eigenvalue weighted by atomic mass is 35.5. The Kier molecular flexibility index (Phi) is 7.39. The van der Waals surface area contributed by atoms with E-state index in [0.717, 1.165) is 11.3 Å². The number of rotatable bonds is 6. The fourth-order valence-electron chi connectivity index (χ4n) is 2.35. The molecule has 6 heteroatoms. The standard InChI is InChI=1S/C18H22N2O3.ClH/c1-12(13-4-7-15(22-2)8-5-13)10-18(21)20-14-6-9-17(23-3)16(19)11-14;/h4-9,11-12H,10,19H2,1-3H3,(H,20,21);1H. The van der Waals surface area contributed by atoms with Gasteiger partial charge in [-0.15, -0.1) is 12.4 Å². The van der Waals surface area contributed by atoms with E-state index in [1.165, 1.54) is 0 Å². The molecule has 0 saturated heterocycles. The highest BCUT2D eigenvalue weighted by Crippen LogP contribution is 2.26. The van der Waals surface area contributed by atoms with Crippen molar-refractivity contribution >= 4 is 29.7 Å². The van der Waals surface area contributed by atoms with Gasteiger partial charge in [-0.1, -0.05) is 19.1 Å². The number of benzene rings is 2. The molecule has 24 heavy (non-hydrogen) atoms. The number of hydrogen-bond acceptors (Lipinski definition) is 4. The third-order valence-corrected chi connectivity index (χ3v) is 3.69. The number of nitrogen functional groups attached to an aromatic ring is 1. The van der Waals surface area contributed by atoms with Gasteiger partial charge in [0.15, 0.2) is 0 Å². The molecule has 0 aliphatic heterocycles. The lowest BCUT2D eigenvalue weighted by Gasteiger charge is -2.13. The smallest absolute Gasteiger partial charge is 0.224 e. The molecule has 3 N–H and O–H groups in total. The van der Waals surface area contributed by atoms with Gasteiger partial charge in [0.25, 0.3) is 0 Å². The summed E-state index contributed by atoms with van der Waals surface area (Å²) in [6.07, 6.45) is 0.387. The number of methoxy groups -OCH3 is 2. The molecule has 2 aromatic carbocycles. The van der Waals surface area contributed by atoms with Crippen LogP contribution in [0.25, 0.3) is 0 Å². The van der Waals surface area contributed by atoms with Crippen LogP contribution < -0.4 is 20.5 Å². The van der Waals surface area contributed by atoms with Gasteiger partial charge >= 0.3 is 0 Å². The summed E-state index contributed by atoms with van der Waals surface area (Å²) in [5, 5.41) is 2.86. The molecule has 2 aromatic rings. The lowest BCUT2D eigenvalue weighted by Crippen LogP contribution is -2.14. The molecule has 0 bridgehead atoms. The predicted molar refractivity (Wildman–Crippen MR) is 99.3 cm³/mol. The van der Waals surface area contributed by atoms with Gasteiger partial charge in [0.2, 0.25) is 5.91 Å². The van der Waals surface area contributed by atoms with Crippen LogP contribution in [0.15, 0.2) is 42.5 Å². The summed E-state index contributed by atoms with van der Waals surface area (Å²) in [5.41, 5.74) is 8.09. The van der Waals surface area contributed by atoms with E-state index in [9.17, 15) is 4.79 Å². The van der Waals surface area contributed by atoms with Crippen LogP contribution in [0.5, 0.6) is 11.5 Å². The van der Waals surface area contributed by atoms with Crippen LogP contribution in [-0.2, 0) is 4.79 Å². The number of carbonyl (C=O) groups excluding carboxylic acids is 1. The van der Waals surface area contributed by atoms with Crippen molar-refractivity contribution in [2.75, 3.05) is 25.3 Å². The Bertz CT molecular complexity index is 674. The Morgan fingerprint density at radius 1 is 1.12 bits per heavy atom. The topological polar surface area (TPSA) is 73.6 Å². The van der Waals surface area contributed by atoms with Gasteiger partial charge in [-0.2, -0.15) is 0 Å². The van der Waals surface area contributed by atoms with Gasteiger partial charge < -0.3 is 20.5 Å². The lowest BCUT2D eigenvalue weighted by atomic mass is 9.97. The van der Waals surface area contributed by atoms with Crippen LogP contribution in [0, 0.1) is 0 Å². The van der Waals surface area contributed by atoms with E-state index in [2.05, 4.69) is 5.32 Å². The molecule has 2 rings (SSSR count). The van der Waals surface area contributed by atoms with E-state index in [0.29, 0.717) is 23.5 Å². The van der Waals surface area contributed by atoms with E-state index < -0.39 is 0 Å². The molecule has 0 fully saturated rings. The Balaban J connectivity index is 0.00000288. The highest BCUT2D eigenvalue weighted by Gasteiger charge is 2.12. The third-order valence-electron chi connectivity index (χ3n) is 3.69. The first-order chi connectivity index (χ1) is 11.0. The number of anilines is 2. The molecule has 5 nitrogen and oxygen atoms in total. The van der Waals surface area contributed by atoms with Crippen LogP contribution in [0.1, 0.15) is 24.8 Å². The maximum absolute atomic E-state index is 12.2. The lowest BCUT2D eigenvalue weighted by molar-refractivity contribution is -0.116. The summed E-state index contributed by atoms with van der Waals surface area (Å²) in [6, 6.07) is 12.9. The molecule has 0 aromatic heterocycles. The van der Waals surface area contributed by atoms with Crippen LogP contribution in [0.3, 0.4) is 0 Å². The second-order valence-electron chi connectivity index (χ2n) is 5.38. The maximum atomic E-state index is 12.2. The Morgan fingerprint density at radius 2 is 1.79 bits per heavy atom. The minimum atomic E-state index is -0.0575. The monoisotopic (exact) mass is 350 g/mol. The molecular formula is C18H23ClN2O3. The number of hydrogen-bond donors (Lipinski definition) is 2. The number of nitrogens with two attached hydrogens (primary N) is 1. The fourth-order valence-corrected chi connectivity index (χ4v) is 2.35. The minimum absolute atomic E-state index is 0. The van der Waals surface area contributed by atoms with Crippen molar-refractivity contribution in [2.45, 2.75) is 19.3 Å². The van der Waals surface area contributed by atoms with E-state index in [1.807, 2.05) is 31.2 Å². The van der Waals surface area contributed by atoms with Gasteiger partial charge in [0.1, 0.15) is 11.5 Å². The highest BCUT2D eigenvalue weighted by molar-refractivity contribution is 5.92. The van der Waals surface area contributed by atoms with Crippen LogP contribution in [0.4, 0.5) is 11.4 Å². The number of carbonyl (C=O) groups is 1. The van der Waals surface area contributed by atoms with Crippen molar-refractivity contribution in [1.82, 2.24) is 0 Å². The summed E-state index contributed by atoms with van der Waals surface area (Å²) in [4.78, 5) is 12.2. The molecule has 1 amide bonds. The molecular weight excluding hydrogens is 328 g/mol. The molecule has 0 aliphatic rings. The van der Waals surface area contributed by atoms with E-state index in [1.54, 1.807) is 32.4 Å². The molecule has 0 heterocycles. The average molecular weight is 351 g/mol. The van der Waals surface area contributed by atoms with Crippen molar-refractivity contribution in [2.24, 2.45) is 0 Å². The SMILES string of the molecule is COc1ccc(C(C)CC(=O)Nc2ccc(OC)c(N)c2)cc1.Cl. The van der Waals surface area contributed by atoms with Gasteiger partial charge in [0, 0.05) is 12.1 Å². The van der Waals surface area contributed by atoms with Crippen molar-refractivity contribution in [1.29, 1.82) is 0 Å². The molecule has 1 atom stereocenters. The number of nitrogens with one attached hydrogen (secondary N) is 1. The van der Waals surface area contributed by atoms with Gasteiger partial charge in [0.05, 0.1) is 19.9 Å². The van der Waals surface area contributed by atoms with E-state index >= 15 is 0 Å². The fraction of sp³-hybridized carbons (Fsp3) is 0.278. The second kappa shape index (κ2) is 9.03. The normalized spacial score (nSPS) is 11.1. The summed E-state index contributed by atoms with van der Waals surface area (Å²) in [6.45, 7) is 2.02. The molecule has 0 aliphatic carbocycles. The van der Waals surface area contributed by atoms with Crippen molar-refractivity contribution in [3.05, 3.63) is 48.0 Å². The number of halogens is 1. The van der Waals surface area contributed by atoms with E-state index in [4.69, 9.17) is 15.2 Å². The molecule has 0 saturated carbocycles.